The normalized spacial score (nSPS) is 22.9. The Bertz CT molecular complexity index is 2590. The Morgan fingerprint density at radius 1 is 1.04 bits per heavy atom. The maximum absolute atomic E-state index is 14.3. The molecule has 5 atom stereocenters. The molecule has 2 aromatic heterocycles. The zero-order valence-corrected chi connectivity index (χ0v) is 31.7. The van der Waals surface area contributed by atoms with Crippen molar-refractivity contribution in [1.82, 2.24) is 20.6 Å². The van der Waals surface area contributed by atoms with Gasteiger partial charge in [0.1, 0.15) is 29.4 Å². The van der Waals surface area contributed by atoms with Crippen LogP contribution in [0.3, 0.4) is 0 Å². The minimum atomic E-state index is -5.04. The Morgan fingerprint density at radius 3 is 2.62 bits per heavy atom. The number of phosphoric ester groups is 1. The minimum absolute atomic E-state index is 0.0328. The molecule has 2 amide bonds. The SMILES string of the molecule is CC(C)C(OP(=O)(O)O)C(=O)NC1Cc2ccc3c(c2)C24c5cccc(c5NC2O3)-c2cccc3c2C(=CC3)c2cnc(o2)-c2nc(oc24)C(C(C)C)NC1=O. The number of aromatic nitrogens is 2. The van der Waals surface area contributed by atoms with Gasteiger partial charge in [-0.2, -0.15) is 0 Å². The second kappa shape index (κ2) is 12.2. The van der Waals surface area contributed by atoms with Crippen molar-refractivity contribution in [2.24, 2.45) is 11.8 Å². The van der Waals surface area contributed by atoms with E-state index in [0.29, 0.717) is 28.5 Å². The average molecular weight is 776 g/mol. The molecule has 5 aliphatic rings. The van der Waals surface area contributed by atoms with Crippen molar-refractivity contribution >= 4 is 30.9 Å². The monoisotopic (exact) mass is 775 g/mol. The highest BCUT2D eigenvalue weighted by atomic mass is 31.2. The van der Waals surface area contributed by atoms with Crippen molar-refractivity contribution in [2.75, 3.05) is 5.32 Å². The number of hydrogen-bond donors (Lipinski definition) is 5. The summed E-state index contributed by atoms with van der Waals surface area (Å²) in [5.41, 5.74) is 7.69. The summed E-state index contributed by atoms with van der Waals surface area (Å²) in [7, 11) is -5.04. The molecule has 286 valence electrons. The number of amides is 2. The van der Waals surface area contributed by atoms with Crippen LogP contribution in [-0.2, 0) is 36.9 Å². The molecule has 15 heteroatoms. The highest BCUT2D eigenvalue weighted by Gasteiger charge is 2.62. The number of allylic oxidation sites excluding steroid dienone is 1. The van der Waals surface area contributed by atoms with Crippen LogP contribution in [0, 0.1) is 11.8 Å². The largest absolute Gasteiger partial charge is 0.470 e. The lowest BCUT2D eigenvalue weighted by Gasteiger charge is -2.29. The topological polar surface area (TPSA) is 198 Å². The van der Waals surface area contributed by atoms with Crippen LogP contribution in [0.1, 0.15) is 79.0 Å². The smallest absolute Gasteiger partial charge is 0.469 e. The number of anilines is 1. The Labute approximate surface area is 321 Å². The molecule has 0 saturated carbocycles. The van der Waals surface area contributed by atoms with Gasteiger partial charge in [0, 0.05) is 34.4 Å². The van der Waals surface area contributed by atoms with Gasteiger partial charge in [0.15, 0.2) is 23.4 Å². The van der Waals surface area contributed by atoms with Crippen LogP contribution in [0.25, 0.3) is 28.3 Å². The van der Waals surface area contributed by atoms with Gasteiger partial charge < -0.3 is 39.3 Å². The van der Waals surface area contributed by atoms with Gasteiger partial charge in [-0.05, 0) is 46.6 Å². The van der Waals surface area contributed by atoms with Crippen LogP contribution < -0.4 is 20.7 Å². The molecular weight excluding hydrogens is 737 g/mol. The molecule has 56 heavy (non-hydrogen) atoms. The number of nitrogens with zero attached hydrogens (tertiary/aromatic N) is 2. The first-order chi connectivity index (χ1) is 26.8. The van der Waals surface area contributed by atoms with Gasteiger partial charge in [-0.25, -0.2) is 14.5 Å². The number of oxazole rings is 2. The second-order valence-corrected chi connectivity index (χ2v) is 16.9. The molecule has 1 aliphatic carbocycles. The molecule has 0 fully saturated rings. The predicted octanol–water partition coefficient (Wildman–Crippen LogP) is 5.76. The first-order valence-corrected chi connectivity index (χ1v) is 20.2. The number of rotatable bonds is 6. The fraction of sp³-hybridized carbons (Fsp3) is 0.317. The van der Waals surface area contributed by atoms with Crippen molar-refractivity contribution in [3.05, 3.63) is 112 Å². The van der Waals surface area contributed by atoms with E-state index in [1.54, 1.807) is 20.0 Å². The van der Waals surface area contributed by atoms with Crippen LogP contribution in [0.5, 0.6) is 5.75 Å². The summed E-state index contributed by atoms with van der Waals surface area (Å²) in [6.45, 7) is 7.04. The summed E-state index contributed by atoms with van der Waals surface area (Å²) in [6.07, 6.45) is 2.44. The average Bonchev–Trinajstić information content (AvgIpc) is 3.98. The Kier molecular flexibility index (Phi) is 7.63. The Hall–Kier alpha value is -5.53. The molecule has 0 radical (unpaired) electrons. The molecular formula is C41H38N5O9P. The van der Waals surface area contributed by atoms with Crippen molar-refractivity contribution in [1.29, 1.82) is 0 Å². The fourth-order valence-electron chi connectivity index (χ4n) is 8.98. The maximum Gasteiger partial charge on any atom is 0.470 e. The maximum atomic E-state index is 14.3. The zero-order valence-electron chi connectivity index (χ0n) is 30.8. The van der Waals surface area contributed by atoms with Crippen molar-refractivity contribution < 1.29 is 42.0 Å². The molecule has 3 aromatic carbocycles. The second-order valence-electron chi connectivity index (χ2n) is 15.7. The van der Waals surface area contributed by atoms with Crippen molar-refractivity contribution in [2.45, 2.75) is 70.4 Å². The fourth-order valence-corrected chi connectivity index (χ4v) is 9.61. The van der Waals surface area contributed by atoms with Crippen molar-refractivity contribution in [3.8, 4) is 28.5 Å². The molecule has 5 unspecified atom stereocenters. The van der Waals surface area contributed by atoms with Gasteiger partial charge in [0.2, 0.25) is 17.7 Å². The lowest BCUT2D eigenvalue weighted by atomic mass is 9.72. The highest BCUT2D eigenvalue weighted by molar-refractivity contribution is 7.46. The summed E-state index contributed by atoms with van der Waals surface area (Å²) in [4.78, 5) is 57.0. The first-order valence-electron chi connectivity index (χ1n) is 18.7. The minimum Gasteiger partial charge on any atom is -0.469 e. The zero-order chi connectivity index (χ0) is 38.8. The quantitative estimate of drug-likeness (QED) is 0.131. The summed E-state index contributed by atoms with van der Waals surface area (Å²) in [5, 5.41) is 9.56. The van der Waals surface area contributed by atoms with Crippen LogP contribution in [0.2, 0.25) is 0 Å². The number of ether oxygens (including phenoxy) is 1. The van der Waals surface area contributed by atoms with Gasteiger partial charge >= 0.3 is 7.82 Å². The number of hydrogen-bond acceptors (Lipinski definition) is 10. The number of benzene rings is 3. The molecule has 10 rings (SSSR count). The van der Waals surface area contributed by atoms with Crippen LogP contribution in [0.4, 0.5) is 5.69 Å². The van der Waals surface area contributed by atoms with E-state index in [-0.39, 0.29) is 24.1 Å². The van der Waals surface area contributed by atoms with Gasteiger partial charge in [-0.3, -0.25) is 14.1 Å². The number of carbonyl (C=O) groups is 2. The van der Waals surface area contributed by atoms with E-state index in [2.05, 4.69) is 52.4 Å². The number of phosphoric acid groups is 1. The third-order valence-corrected chi connectivity index (χ3v) is 12.0. The lowest BCUT2D eigenvalue weighted by Crippen LogP contribution is -2.53. The van der Waals surface area contributed by atoms with E-state index in [4.69, 9.17) is 28.1 Å². The van der Waals surface area contributed by atoms with Gasteiger partial charge in [-0.1, -0.05) is 82.3 Å². The highest BCUT2D eigenvalue weighted by Crippen LogP contribution is 2.61. The van der Waals surface area contributed by atoms with Crippen LogP contribution >= 0.6 is 7.82 Å². The summed E-state index contributed by atoms with van der Waals surface area (Å²) >= 11 is 0. The van der Waals surface area contributed by atoms with E-state index >= 15 is 0 Å². The van der Waals surface area contributed by atoms with Gasteiger partial charge in [-0.15, -0.1) is 0 Å². The van der Waals surface area contributed by atoms with E-state index in [1.807, 2.05) is 38.1 Å². The molecule has 14 nitrogen and oxygen atoms in total. The summed E-state index contributed by atoms with van der Waals surface area (Å²) in [5.74, 6) is -0.176. The molecule has 5 aromatic rings. The van der Waals surface area contributed by atoms with Crippen LogP contribution in [-0.4, -0.2) is 49.9 Å². The third kappa shape index (κ3) is 5.09. The predicted molar refractivity (Wildman–Crippen MR) is 202 cm³/mol. The number of fused-ring (bicyclic) bond motifs is 7. The van der Waals surface area contributed by atoms with E-state index in [1.165, 1.54) is 5.56 Å². The number of para-hydroxylation sites is 1. The summed E-state index contributed by atoms with van der Waals surface area (Å²) in [6, 6.07) is 16.2. The Balaban J connectivity index is 1.22. The molecule has 1 spiro atoms. The van der Waals surface area contributed by atoms with E-state index < -0.39 is 55.4 Å². The number of nitrogens with one attached hydrogen (secondary N) is 3. The summed E-state index contributed by atoms with van der Waals surface area (Å²) < 4.78 is 37.1. The van der Waals surface area contributed by atoms with Gasteiger partial charge in [0.05, 0.1) is 6.20 Å². The van der Waals surface area contributed by atoms with Crippen molar-refractivity contribution in [3.63, 3.8) is 0 Å². The Morgan fingerprint density at radius 2 is 1.84 bits per heavy atom. The lowest BCUT2D eigenvalue weighted by molar-refractivity contribution is -0.135. The molecule has 6 heterocycles. The van der Waals surface area contributed by atoms with E-state index in [0.717, 1.165) is 45.5 Å². The van der Waals surface area contributed by atoms with Crippen LogP contribution in [0.15, 0.2) is 75.7 Å². The number of carbonyl (C=O) groups excluding carboxylic acids is 2. The molecule has 0 saturated heterocycles. The van der Waals surface area contributed by atoms with E-state index in [9.17, 15) is 23.9 Å². The standard InChI is InChI=1S/C41H38N5O9P/c1-18(2)31-39-45-33-35(54-39)41-25-10-6-9-23(22-8-5-7-21-12-13-24(30(21)22)29-17-42-38(33)52-29)32(25)46-40(41)53-28-14-11-20(15-26(28)41)16-27(36(47)44-31)43-37(48)34(19(3)4)55-56(49,50)51/h5-11,13-15,17-19,27,31,34,40,46H,12,16H2,1-4H3,(H,43,48)(H,44,47)(H2,49,50,51). The first kappa shape index (κ1) is 34.9. The molecule has 10 bridgehead atoms. The third-order valence-electron chi connectivity index (χ3n) is 11.5. The molecule has 5 N–H and O–H groups in total. The molecule has 4 aliphatic heterocycles. The van der Waals surface area contributed by atoms with Gasteiger partial charge in [0.25, 0.3) is 5.91 Å².